The van der Waals surface area contributed by atoms with E-state index in [1.54, 1.807) is 0 Å². The van der Waals surface area contributed by atoms with Gasteiger partial charge in [-0.25, -0.2) is 8.78 Å². The normalized spacial score (nSPS) is 20.7. The number of carboxylic acids is 1. The Kier molecular flexibility index (Phi) is 3.38. The second-order valence-electron chi connectivity index (χ2n) is 4.27. The van der Waals surface area contributed by atoms with E-state index in [1.165, 1.54) is 12.1 Å². The molecular weight excluding hydrogens is 228 g/mol. The van der Waals surface area contributed by atoms with E-state index in [2.05, 4.69) is 0 Å². The summed E-state index contributed by atoms with van der Waals surface area (Å²) >= 11 is 0. The Morgan fingerprint density at radius 3 is 2.88 bits per heavy atom. The lowest BCUT2D eigenvalue weighted by atomic mass is 10.1. The monoisotopic (exact) mass is 241 g/mol. The van der Waals surface area contributed by atoms with Gasteiger partial charge < -0.3 is 5.11 Å². The number of benzene rings is 1. The molecule has 1 atom stereocenters. The third kappa shape index (κ3) is 2.61. The van der Waals surface area contributed by atoms with Crippen LogP contribution in [0.4, 0.5) is 8.78 Å². The van der Waals surface area contributed by atoms with E-state index in [4.69, 9.17) is 5.11 Å². The molecule has 1 fully saturated rings. The number of halogens is 2. The summed E-state index contributed by atoms with van der Waals surface area (Å²) < 4.78 is 26.4. The first-order chi connectivity index (χ1) is 8.08. The van der Waals surface area contributed by atoms with Gasteiger partial charge in [-0.1, -0.05) is 12.1 Å². The zero-order valence-electron chi connectivity index (χ0n) is 9.20. The van der Waals surface area contributed by atoms with Crippen LogP contribution in [0.3, 0.4) is 0 Å². The zero-order valence-corrected chi connectivity index (χ0v) is 9.20. The minimum Gasteiger partial charge on any atom is -0.481 e. The van der Waals surface area contributed by atoms with E-state index >= 15 is 0 Å². The minimum atomic E-state index is -0.864. The molecule has 0 bridgehead atoms. The van der Waals surface area contributed by atoms with Crippen molar-refractivity contribution in [2.24, 2.45) is 5.92 Å². The summed E-state index contributed by atoms with van der Waals surface area (Å²) in [5.41, 5.74) is 0.274. The number of nitrogens with zero attached hydrogens (tertiary/aromatic N) is 1. The minimum absolute atomic E-state index is 0.257. The van der Waals surface area contributed by atoms with E-state index < -0.39 is 23.5 Å². The molecule has 0 aromatic heterocycles. The number of hydrogen-bond donors (Lipinski definition) is 1. The third-order valence-electron chi connectivity index (χ3n) is 3.05. The predicted molar refractivity (Wildman–Crippen MR) is 57.4 cm³/mol. The van der Waals surface area contributed by atoms with Gasteiger partial charge in [0.15, 0.2) is 11.6 Å². The van der Waals surface area contributed by atoms with Crippen molar-refractivity contribution in [1.29, 1.82) is 0 Å². The summed E-state index contributed by atoms with van der Waals surface area (Å²) in [6, 6.07) is 4.05. The van der Waals surface area contributed by atoms with E-state index in [9.17, 15) is 13.6 Å². The van der Waals surface area contributed by atoms with Crippen molar-refractivity contribution >= 4 is 5.97 Å². The van der Waals surface area contributed by atoms with Crippen LogP contribution in [0.5, 0.6) is 0 Å². The van der Waals surface area contributed by atoms with Crippen molar-refractivity contribution in [2.75, 3.05) is 13.1 Å². The molecular formula is C12H13F2NO2. The van der Waals surface area contributed by atoms with Crippen LogP contribution in [0.25, 0.3) is 0 Å². The first kappa shape index (κ1) is 12.0. The Labute approximate surface area is 97.7 Å². The summed E-state index contributed by atoms with van der Waals surface area (Å²) in [6.45, 7) is 1.26. The third-order valence-corrected chi connectivity index (χ3v) is 3.05. The van der Waals surface area contributed by atoms with Crippen LogP contribution >= 0.6 is 0 Å². The fourth-order valence-electron chi connectivity index (χ4n) is 2.09. The van der Waals surface area contributed by atoms with E-state index in [1.807, 2.05) is 4.90 Å². The predicted octanol–water partition coefficient (Wildman–Crippen LogP) is 1.87. The lowest BCUT2D eigenvalue weighted by Gasteiger charge is -2.15. The molecule has 1 heterocycles. The molecule has 0 spiro atoms. The molecule has 2 rings (SSSR count). The van der Waals surface area contributed by atoms with Crippen LogP contribution in [0.1, 0.15) is 12.0 Å². The topological polar surface area (TPSA) is 40.5 Å². The molecule has 1 unspecified atom stereocenters. The van der Waals surface area contributed by atoms with Gasteiger partial charge in [0.1, 0.15) is 0 Å². The highest BCUT2D eigenvalue weighted by atomic mass is 19.2. The van der Waals surface area contributed by atoms with E-state index in [0.29, 0.717) is 19.5 Å². The standard InChI is InChI=1S/C12H13F2NO2/c13-10-3-1-2-8(11(10)14)6-15-5-4-9(7-15)12(16)17/h1-3,9H,4-7H2,(H,16,17). The first-order valence-corrected chi connectivity index (χ1v) is 5.46. The Bertz CT molecular complexity index is 437. The summed E-state index contributed by atoms with van der Waals surface area (Å²) in [6.07, 6.45) is 0.562. The van der Waals surface area contributed by atoms with Crippen LogP contribution in [0, 0.1) is 17.6 Å². The Hall–Kier alpha value is -1.49. The van der Waals surface area contributed by atoms with Gasteiger partial charge in [-0.15, -0.1) is 0 Å². The maximum absolute atomic E-state index is 13.4. The van der Waals surface area contributed by atoms with Crippen molar-refractivity contribution in [2.45, 2.75) is 13.0 Å². The molecule has 1 aliphatic heterocycles. The molecule has 92 valence electrons. The average Bonchev–Trinajstić information content (AvgIpc) is 2.73. The fourth-order valence-corrected chi connectivity index (χ4v) is 2.09. The second kappa shape index (κ2) is 4.79. The van der Waals surface area contributed by atoms with Crippen molar-refractivity contribution in [1.82, 2.24) is 4.90 Å². The number of hydrogen-bond acceptors (Lipinski definition) is 2. The molecule has 1 N–H and O–H groups in total. The molecule has 0 saturated carbocycles. The Balaban J connectivity index is 2.03. The van der Waals surface area contributed by atoms with Crippen LogP contribution < -0.4 is 0 Å². The zero-order chi connectivity index (χ0) is 12.4. The highest BCUT2D eigenvalue weighted by molar-refractivity contribution is 5.70. The van der Waals surface area contributed by atoms with Gasteiger partial charge in [0, 0.05) is 18.7 Å². The first-order valence-electron chi connectivity index (χ1n) is 5.46. The lowest BCUT2D eigenvalue weighted by molar-refractivity contribution is -0.141. The van der Waals surface area contributed by atoms with Gasteiger partial charge >= 0.3 is 5.97 Å². The van der Waals surface area contributed by atoms with Crippen LogP contribution in [0.2, 0.25) is 0 Å². The van der Waals surface area contributed by atoms with Gasteiger partial charge in [0.05, 0.1) is 5.92 Å². The summed E-state index contributed by atoms with van der Waals surface area (Å²) in [4.78, 5) is 12.6. The lowest BCUT2D eigenvalue weighted by Crippen LogP contribution is -2.23. The summed E-state index contributed by atoms with van der Waals surface area (Å²) in [7, 11) is 0. The summed E-state index contributed by atoms with van der Waals surface area (Å²) in [5, 5.41) is 8.84. The smallest absolute Gasteiger partial charge is 0.307 e. The molecule has 0 aliphatic carbocycles. The molecule has 1 saturated heterocycles. The molecule has 1 aromatic rings. The SMILES string of the molecule is O=C(O)C1CCN(Cc2cccc(F)c2F)C1. The average molecular weight is 241 g/mol. The molecule has 3 nitrogen and oxygen atoms in total. The van der Waals surface area contributed by atoms with Gasteiger partial charge in [-0.3, -0.25) is 9.69 Å². The Morgan fingerprint density at radius 2 is 2.24 bits per heavy atom. The molecule has 0 radical (unpaired) electrons. The van der Waals surface area contributed by atoms with Crippen molar-refractivity contribution < 1.29 is 18.7 Å². The van der Waals surface area contributed by atoms with Crippen LogP contribution in [-0.4, -0.2) is 29.1 Å². The molecule has 1 aliphatic rings. The number of likely N-dealkylation sites (tertiary alicyclic amines) is 1. The molecule has 5 heteroatoms. The molecule has 0 amide bonds. The quantitative estimate of drug-likeness (QED) is 0.878. The van der Waals surface area contributed by atoms with Crippen LogP contribution in [0.15, 0.2) is 18.2 Å². The molecule has 17 heavy (non-hydrogen) atoms. The van der Waals surface area contributed by atoms with E-state index in [-0.39, 0.29) is 12.1 Å². The highest BCUT2D eigenvalue weighted by Crippen LogP contribution is 2.20. The molecule has 1 aromatic carbocycles. The van der Waals surface area contributed by atoms with Gasteiger partial charge in [0.2, 0.25) is 0 Å². The number of carboxylic acid groups (broad SMARTS) is 1. The van der Waals surface area contributed by atoms with Gasteiger partial charge in [-0.05, 0) is 19.0 Å². The largest absolute Gasteiger partial charge is 0.481 e. The number of carbonyl (C=O) groups is 1. The Morgan fingerprint density at radius 1 is 1.47 bits per heavy atom. The fraction of sp³-hybridized carbons (Fsp3) is 0.417. The highest BCUT2D eigenvalue weighted by Gasteiger charge is 2.28. The van der Waals surface area contributed by atoms with Crippen LogP contribution in [-0.2, 0) is 11.3 Å². The van der Waals surface area contributed by atoms with E-state index in [0.717, 1.165) is 6.07 Å². The van der Waals surface area contributed by atoms with Crippen molar-refractivity contribution in [3.63, 3.8) is 0 Å². The van der Waals surface area contributed by atoms with Gasteiger partial charge in [0.25, 0.3) is 0 Å². The van der Waals surface area contributed by atoms with Crippen molar-refractivity contribution in [3.8, 4) is 0 Å². The number of rotatable bonds is 3. The second-order valence-corrected chi connectivity index (χ2v) is 4.27. The van der Waals surface area contributed by atoms with Crippen molar-refractivity contribution in [3.05, 3.63) is 35.4 Å². The maximum atomic E-state index is 13.4. The van der Waals surface area contributed by atoms with Gasteiger partial charge in [-0.2, -0.15) is 0 Å². The number of aliphatic carboxylic acids is 1. The maximum Gasteiger partial charge on any atom is 0.307 e. The summed E-state index contributed by atoms with van der Waals surface area (Å²) in [5.74, 6) is -2.93.